The highest BCUT2D eigenvalue weighted by Gasteiger charge is 2.26. The maximum atomic E-state index is 12.7. The van der Waals surface area contributed by atoms with E-state index in [9.17, 15) is 4.79 Å². The molecule has 1 aliphatic carbocycles. The van der Waals surface area contributed by atoms with Crippen LogP contribution in [0.25, 0.3) is 0 Å². The number of carbonyl (C=O) groups is 1. The van der Waals surface area contributed by atoms with Gasteiger partial charge in [0.1, 0.15) is 11.5 Å². The summed E-state index contributed by atoms with van der Waals surface area (Å²) in [5.41, 5.74) is 3.97. The van der Waals surface area contributed by atoms with E-state index in [1.165, 1.54) is 23.4 Å². The Bertz CT molecular complexity index is 693. The van der Waals surface area contributed by atoms with Crippen LogP contribution in [0.1, 0.15) is 33.8 Å². The van der Waals surface area contributed by atoms with E-state index in [1.54, 1.807) is 43.8 Å². The lowest BCUT2D eigenvalue weighted by Crippen LogP contribution is -2.40. The molecule has 116 valence electrons. The summed E-state index contributed by atoms with van der Waals surface area (Å²) in [5, 5.41) is 0. The summed E-state index contributed by atoms with van der Waals surface area (Å²) in [6.07, 6.45) is 4.68. The Hall–Kier alpha value is -1.88. The molecule has 0 spiro atoms. The van der Waals surface area contributed by atoms with Gasteiger partial charge in [-0.1, -0.05) is 11.3 Å². The number of aryl methyl sites for hydroxylation is 1. The van der Waals surface area contributed by atoms with E-state index in [2.05, 4.69) is 10.1 Å². The number of carbonyl (C=O) groups excluding carboxylic acids is 1. The zero-order chi connectivity index (χ0) is 15.5. The molecule has 1 aliphatic rings. The predicted molar refractivity (Wildman–Crippen MR) is 85.0 cm³/mol. The van der Waals surface area contributed by atoms with Crippen molar-refractivity contribution in [3.63, 3.8) is 0 Å². The molecule has 0 aliphatic heterocycles. The van der Waals surface area contributed by atoms with Gasteiger partial charge >= 0.3 is 0 Å². The van der Waals surface area contributed by atoms with Crippen LogP contribution in [0.2, 0.25) is 0 Å². The van der Waals surface area contributed by atoms with Gasteiger partial charge in [0, 0.05) is 6.42 Å². The third kappa shape index (κ3) is 2.86. The number of hydrogen-bond donors (Lipinski definition) is 0. The summed E-state index contributed by atoms with van der Waals surface area (Å²) in [4.78, 5) is 14.1. The molecule has 0 saturated carbocycles. The summed E-state index contributed by atoms with van der Waals surface area (Å²) in [6, 6.07) is 5.33. The van der Waals surface area contributed by atoms with Gasteiger partial charge in [-0.2, -0.15) is 4.57 Å². The minimum Gasteiger partial charge on any atom is -0.497 e. The number of nitrogens with zero attached hydrogens (tertiary/aromatic N) is 1. The van der Waals surface area contributed by atoms with Gasteiger partial charge in [0.05, 0.1) is 24.7 Å². The molecule has 0 bridgehead atoms. The van der Waals surface area contributed by atoms with E-state index in [-0.39, 0.29) is 5.78 Å². The van der Waals surface area contributed by atoms with Gasteiger partial charge < -0.3 is 9.47 Å². The molecule has 0 radical (unpaired) electrons. The minimum atomic E-state index is 0.0481. The summed E-state index contributed by atoms with van der Waals surface area (Å²) < 4.78 is 12.6. The number of thiazole rings is 1. The Morgan fingerprint density at radius 2 is 2.05 bits per heavy atom. The topological polar surface area (TPSA) is 39.4 Å². The maximum Gasteiger partial charge on any atom is 0.231 e. The van der Waals surface area contributed by atoms with Crippen molar-refractivity contribution in [2.75, 3.05) is 14.2 Å². The standard InChI is InChI=1S/C17H20NO3S/c1-20-12-7-8-16(21-2)13(9-12)15(19)10-18-11-22-17-6-4-3-5-14(17)18/h7-9,11H,3-6,10H2,1-2H3/q+1. The van der Waals surface area contributed by atoms with Crippen molar-refractivity contribution >= 4 is 17.1 Å². The van der Waals surface area contributed by atoms with Crippen molar-refractivity contribution in [1.29, 1.82) is 0 Å². The lowest BCUT2D eigenvalue weighted by molar-refractivity contribution is -0.686. The predicted octanol–water partition coefficient (Wildman–Crippen LogP) is 2.81. The molecular formula is C17H20NO3S+. The molecular weight excluding hydrogens is 298 g/mol. The number of Topliss-reactive ketones (excluding diaryl/α,β-unsaturated/α-hetero) is 1. The highest BCUT2D eigenvalue weighted by Crippen LogP contribution is 2.25. The van der Waals surface area contributed by atoms with E-state index in [0.29, 0.717) is 23.6 Å². The molecule has 22 heavy (non-hydrogen) atoms. The highest BCUT2D eigenvalue weighted by molar-refractivity contribution is 7.09. The molecule has 0 amide bonds. The quantitative estimate of drug-likeness (QED) is 0.628. The fourth-order valence-electron chi connectivity index (χ4n) is 2.89. The second kappa shape index (κ2) is 6.48. The van der Waals surface area contributed by atoms with E-state index in [0.717, 1.165) is 12.8 Å². The van der Waals surface area contributed by atoms with Crippen LogP contribution in [0.4, 0.5) is 0 Å². The number of benzene rings is 1. The van der Waals surface area contributed by atoms with Crippen LogP contribution in [-0.2, 0) is 19.4 Å². The second-order valence-electron chi connectivity index (χ2n) is 5.42. The monoisotopic (exact) mass is 318 g/mol. The first-order chi connectivity index (χ1) is 10.7. The molecule has 1 aromatic heterocycles. The molecule has 0 saturated heterocycles. The number of ether oxygens (including phenoxy) is 2. The third-order valence-electron chi connectivity index (χ3n) is 4.08. The van der Waals surface area contributed by atoms with Gasteiger partial charge in [0.25, 0.3) is 0 Å². The zero-order valence-corrected chi connectivity index (χ0v) is 13.7. The van der Waals surface area contributed by atoms with Crippen molar-refractivity contribution in [1.82, 2.24) is 0 Å². The Kier molecular flexibility index (Phi) is 4.43. The first kappa shape index (κ1) is 15.0. The molecule has 2 aromatic rings. The number of fused-ring (bicyclic) bond motifs is 1. The van der Waals surface area contributed by atoms with Crippen LogP contribution in [0.3, 0.4) is 0 Å². The number of methoxy groups -OCH3 is 2. The average molecular weight is 318 g/mol. The van der Waals surface area contributed by atoms with E-state index >= 15 is 0 Å². The molecule has 0 fully saturated rings. The van der Waals surface area contributed by atoms with E-state index in [4.69, 9.17) is 9.47 Å². The van der Waals surface area contributed by atoms with Gasteiger partial charge in [0.2, 0.25) is 17.8 Å². The van der Waals surface area contributed by atoms with Crippen LogP contribution in [0.5, 0.6) is 11.5 Å². The van der Waals surface area contributed by atoms with Crippen LogP contribution >= 0.6 is 11.3 Å². The van der Waals surface area contributed by atoms with Crippen LogP contribution in [0.15, 0.2) is 23.7 Å². The summed E-state index contributed by atoms with van der Waals surface area (Å²) in [6.45, 7) is 0.357. The van der Waals surface area contributed by atoms with Crippen LogP contribution in [0, 0.1) is 0 Å². The van der Waals surface area contributed by atoms with Crippen LogP contribution in [-0.4, -0.2) is 20.0 Å². The summed E-state index contributed by atoms with van der Waals surface area (Å²) in [7, 11) is 3.18. The second-order valence-corrected chi connectivity index (χ2v) is 6.36. The van der Waals surface area contributed by atoms with Gasteiger partial charge in [-0.3, -0.25) is 4.79 Å². The SMILES string of the molecule is COc1ccc(OC)c(C(=O)C[n+]2csc3c2CCCC3)c1. The lowest BCUT2D eigenvalue weighted by Gasteiger charge is -2.09. The van der Waals surface area contributed by atoms with E-state index < -0.39 is 0 Å². The molecule has 3 rings (SSSR count). The Morgan fingerprint density at radius 3 is 2.82 bits per heavy atom. The number of hydrogen-bond acceptors (Lipinski definition) is 4. The number of aromatic nitrogens is 1. The fourth-order valence-corrected chi connectivity index (χ4v) is 3.96. The molecule has 1 heterocycles. The fraction of sp³-hybridized carbons (Fsp3) is 0.412. The Labute approximate surface area is 134 Å². The molecule has 4 nitrogen and oxygen atoms in total. The number of ketones is 1. The van der Waals surface area contributed by atoms with Crippen molar-refractivity contribution in [2.24, 2.45) is 0 Å². The molecule has 5 heteroatoms. The molecule has 1 aromatic carbocycles. The van der Waals surface area contributed by atoms with Gasteiger partial charge in [-0.05, 0) is 37.5 Å². The molecule has 0 atom stereocenters. The zero-order valence-electron chi connectivity index (χ0n) is 12.9. The molecule has 0 N–H and O–H groups in total. The van der Waals surface area contributed by atoms with Crippen molar-refractivity contribution in [3.05, 3.63) is 39.8 Å². The Balaban J connectivity index is 1.87. The van der Waals surface area contributed by atoms with Crippen molar-refractivity contribution in [2.45, 2.75) is 32.2 Å². The smallest absolute Gasteiger partial charge is 0.231 e. The normalized spacial score (nSPS) is 13.5. The first-order valence-corrected chi connectivity index (χ1v) is 8.35. The minimum absolute atomic E-state index is 0.0481. The van der Waals surface area contributed by atoms with Gasteiger partial charge in [-0.25, -0.2) is 0 Å². The van der Waals surface area contributed by atoms with Gasteiger partial charge in [-0.15, -0.1) is 0 Å². The Morgan fingerprint density at radius 1 is 1.23 bits per heavy atom. The summed E-state index contributed by atoms with van der Waals surface area (Å²) >= 11 is 1.76. The first-order valence-electron chi connectivity index (χ1n) is 7.47. The van der Waals surface area contributed by atoms with Crippen molar-refractivity contribution < 1.29 is 18.8 Å². The maximum absolute atomic E-state index is 12.7. The van der Waals surface area contributed by atoms with Crippen molar-refractivity contribution in [3.8, 4) is 11.5 Å². The highest BCUT2D eigenvalue weighted by atomic mass is 32.1. The van der Waals surface area contributed by atoms with E-state index in [1.807, 2.05) is 0 Å². The van der Waals surface area contributed by atoms with Crippen LogP contribution < -0.4 is 14.0 Å². The largest absolute Gasteiger partial charge is 0.497 e. The molecule has 0 unspecified atom stereocenters. The average Bonchev–Trinajstić information content (AvgIpc) is 2.97. The summed E-state index contributed by atoms with van der Waals surface area (Å²) in [5.74, 6) is 1.31. The number of rotatable bonds is 5. The lowest BCUT2D eigenvalue weighted by atomic mass is 10.0. The third-order valence-corrected chi connectivity index (χ3v) is 5.16. The van der Waals surface area contributed by atoms with Gasteiger partial charge in [0.15, 0.2) is 5.69 Å².